The Morgan fingerprint density at radius 1 is 1.58 bits per heavy atom. The molecule has 0 saturated heterocycles. The number of carbonyl (C=O) groups is 2. The molecular weight excluding hydrogens is 250 g/mol. The van der Waals surface area contributed by atoms with Gasteiger partial charge in [-0.05, 0) is 19.3 Å². The Bertz CT molecular complexity index is 383. The number of carboxylic acids is 1. The van der Waals surface area contributed by atoms with Crippen LogP contribution in [0.25, 0.3) is 0 Å². The van der Waals surface area contributed by atoms with E-state index in [9.17, 15) is 14.8 Å². The maximum atomic E-state index is 11.9. The highest BCUT2D eigenvalue weighted by atomic mass is 16.5. The summed E-state index contributed by atoms with van der Waals surface area (Å²) in [5, 5.41) is 22.8. The average Bonchev–Trinajstić information content (AvgIpc) is 2.69. The Kier molecular flexibility index (Phi) is 5.29. The number of aliphatic carboxylic acids is 1. The van der Waals surface area contributed by atoms with E-state index in [0.717, 1.165) is 0 Å². The fraction of sp³-hybridized carbons (Fsp3) is 0.750. The first-order chi connectivity index (χ1) is 8.88. The van der Waals surface area contributed by atoms with Crippen LogP contribution in [-0.4, -0.2) is 46.1 Å². The van der Waals surface area contributed by atoms with Gasteiger partial charge in [-0.25, -0.2) is 4.74 Å². The van der Waals surface area contributed by atoms with Gasteiger partial charge in [-0.2, -0.15) is 0 Å². The number of nitrogens with two attached hydrogens (primary N) is 1. The second-order valence-electron chi connectivity index (χ2n) is 5.02. The van der Waals surface area contributed by atoms with Crippen molar-refractivity contribution in [3.8, 4) is 0 Å². The number of nitrogens with one attached hydrogen (secondary N) is 1. The molecule has 1 amide bonds. The molecule has 1 unspecified atom stereocenters. The molecule has 108 valence electrons. The highest BCUT2D eigenvalue weighted by Crippen LogP contribution is 2.21. The monoisotopic (exact) mass is 271 g/mol. The summed E-state index contributed by atoms with van der Waals surface area (Å²) < 4.78 is 0.711. The summed E-state index contributed by atoms with van der Waals surface area (Å²) in [4.78, 5) is 22.4. The zero-order chi connectivity index (χ0) is 14.5. The Morgan fingerprint density at radius 2 is 2.26 bits per heavy atom. The molecule has 0 aromatic carbocycles. The number of amides is 1. The minimum Gasteiger partial charge on any atom is -0.623 e. The Hall–Kier alpha value is -1.63. The number of hydrogen-bond acceptors (Lipinski definition) is 4. The van der Waals surface area contributed by atoms with E-state index >= 15 is 0 Å². The van der Waals surface area contributed by atoms with Crippen molar-refractivity contribution in [2.24, 2.45) is 5.73 Å². The minimum atomic E-state index is -1.01. The molecule has 0 bridgehead atoms. The molecule has 0 aromatic heterocycles. The molecule has 0 aromatic rings. The summed E-state index contributed by atoms with van der Waals surface area (Å²) >= 11 is 0. The molecule has 1 heterocycles. The van der Waals surface area contributed by atoms with E-state index in [4.69, 9.17) is 10.8 Å². The van der Waals surface area contributed by atoms with Gasteiger partial charge in [0.25, 0.3) is 5.91 Å². The topological polar surface area (TPSA) is 118 Å². The molecule has 0 spiro atoms. The molecule has 1 aliphatic heterocycles. The summed E-state index contributed by atoms with van der Waals surface area (Å²) in [7, 11) is 0. The first kappa shape index (κ1) is 15.4. The lowest BCUT2D eigenvalue weighted by Crippen LogP contribution is -2.49. The molecule has 19 heavy (non-hydrogen) atoms. The Morgan fingerprint density at radius 3 is 2.79 bits per heavy atom. The number of hydrogen-bond donors (Lipinski definition) is 3. The van der Waals surface area contributed by atoms with Gasteiger partial charge in [0.05, 0.1) is 0 Å². The maximum Gasteiger partial charge on any atom is 0.320 e. The molecule has 0 aliphatic carbocycles. The SMILES string of the molecule is CC1(C(=O)NCCCC[C@@H](N)C(=O)O)CCC=[N+]1[O-]. The van der Waals surface area contributed by atoms with Gasteiger partial charge in [-0.3, -0.25) is 9.59 Å². The summed E-state index contributed by atoms with van der Waals surface area (Å²) in [6.07, 6.45) is 4.26. The lowest BCUT2D eigenvalue weighted by molar-refractivity contribution is -0.514. The predicted molar refractivity (Wildman–Crippen MR) is 69.8 cm³/mol. The lowest BCUT2D eigenvalue weighted by atomic mass is 9.98. The van der Waals surface area contributed by atoms with Crippen molar-refractivity contribution >= 4 is 18.1 Å². The third-order valence-electron chi connectivity index (χ3n) is 3.45. The molecule has 4 N–H and O–H groups in total. The van der Waals surface area contributed by atoms with Gasteiger partial charge in [0.1, 0.15) is 6.04 Å². The van der Waals surface area contributed by atoms with Crippen LogP contribution in [0.2, 0.25) is 0 Å². The predicted octanol–water partition coefficient (Wildman–Crippen LogP) is -0.182. The molecule has 0 saturated carbocycles. The van der Waals surface area contributed by atoms with E-state index in [1.165, 1.54) is 6.21 Å². The molecule has 2 atom stereocenters. The van der Waals surface area contributed by atoms with E-state index < -0.39 is 17.6 Å². The summed E-state index contributed by atoms with van der Waals surface area (Å²) in [6, 6.07) is -0.852. The van der Waals surface area contributed by atoms with Crippen molar-refractivity contribution in [2.75, 3.05) is 6.54 Å². The minimum absolute atomic E-state index is 0.279. The van der Waals surface area contributed by atoms with Crippen molar-refractivity contribution in [3.63, 3.8) is 0 Å². The van der Waals surface area contributed by atoms with Crippen LogP contribution in [0.5, 0.6) is 0 Å². The lowest BCUT2D eigenvalue weighted by Gasteiger charge is -2.22. The first-order valence-electron chi connectivity index (χ1n) is 6.44. The Balaban J connectivity index is 2.21. The van der Waals surface area contributed by atoms with Crippen LogP contribution in [0.15, 0.2) is 0 Å². The Labute approximate surface area is 112 Å². The third-order valence-corrected chi connectivity index (χ3v) is 3.45. The maximum absolute atomic E-state index is 11.9. The largest absolute Gasteiger partial charge is 0.623 e. The second kappa shape index (κ2) is 6.51. The van der Waals surface area contributed by atoms with Gasteiger partial charge in [-0.15, -0.1) is 0 Å². The van der Waals surface area contributed by atoms with Crippen molar-refractivity contribution in [2.45, 2.75) is 50.6 Å². The van der Waals surface area contributed by atoms with Crippen LogP contribution < -0.4 is 11.1 Å². The van der Waals surface area contributed by atoms with Gasteiger partial charge in [-0.1, -0.05) is 0 Å². The standard InChI is InChI=1S/C12H21N3O4/c1-12(6-4-8-15(12)19)11(18)14-7-3-2-5-9(13)10(16)17/h8-9H,2-7,13H2,1H3,(H,14,18)(H,16,17)/t9-,12?/m1/s1. The molecule has 1 aliphatic rings. The van der Waals surface area contributed by atoms with Gasteiger partial charge in [0.2, 0.25) is 5.54 Å². The highest BCUT2D eigenvalue weighted by Gasteiger charge is 2.44. The molecule has 1 rings (SSSR count). The van der Waals surface area contributed by atoms with Gasteiger partial charge in [0, 0.05) is 26.3 Å². The fourth-order valence-corrected chi connectivity index (χ4v) is 1.99. The number of carboxylic acid groups (broad SMARTS) is 1. The summed E-state index contributed by atoms with van der Waals surface area (Å²) in [5.74, 6) is -1.29. The van der Waals surface area contributed by atoms with Gasteiger partial charge >= 0.3 is 5.97 Å². The van der Waals surface area contributed by atoms with Crippen LogP contribution in [0, 0.1) is 5.21 Å². The number of carbonyl (C=O) groups excluding carboxylic acids is 1. The van der Waals surface area contributed by atoms with Crippen molar-refractivity contribution in [1.82, 2.24) is 5.32 Å². The fourth-order valence-electron chi connectivity index (χ4n) is 1.99. The second-order valence-corrected chi connectivity index (χ2v) is 5.02. The van der Waals surface area contributed by atoms with Crippen LogP contribution in [0.1, 0.15) is 39.0 Å². The summed E-state index contributed by atoms with van der Waals surface area (Å²) in [5.41, 5.74) is 4.36. The van der Waals surface area contributed by atoms with E-state index in [2.05, 4.69) is 5.32 Å². The van der Waals surface area contributed by atoms with Gasteiger partial charge in [0.15, 0.2) is 6.21 Å². The van der Waals surface area contributed by atoms with Crippen LogP contribution >= 0.6 is 0 Å². The van der Waals surface area contributed by atoms with Crippen molar-refractivity contribution < 1.29 is 19.4 Å². The quantitative estimate of drug-likeness (QED) is 0.337. The molecule has 7 heteroatoms. The molecule has 0 radical (unpaired) electrons. The van der Waals surface area contributed by atoms with Crippen LogP contribution in [-0.2, 0) is 9.59 Å². The van der Waals surface area contributed by atoms with E-state index in [1.54, 1.807) is 6.92 Å². The van der Waals surface area contributed by atoms with E-state index in [0.29, 0.717) is 43.4 Å². The normalized spacial score (nSPS) is 23.8. The zero-order valence-corrected chi connectivity index (χ0v) is 11.1. The average molecular weight is 271 g/mol. The number of nitrogens with zero attached hydrogens (tertiary/aromatic N) is 1. The van der Waals surface area contributed by atoms with E-state index in [1.807, 2.05) is 0 Å². The number of hydroxylamine groups is 1. The van der Waals surface area contributed by atoms with Crippen molar-refractivity contribution in [1.29, 1.82) is 0 Å². The molecular formula is C12H21N3O4. The van der Waals surface area contributed by atoms with Crippen molar-refractivity contribution in [3.05, 3.63) is 5.21 Å². The third kappa shape index (κ3) is 3.92. The molecule has 0 fully saturated rings. The number of rotatable bonds is 7. The van der Waals surface area contributed by atoms with E-state index in [-0.39, 0.29) is 5.91 Å². The first-order valence-corrected chi connectivity index (χ1v) is 6.44. The molecule has 7 nitrogen and oxygen atoms in total. The highest BCUT2D eigenvalue weighted by molar-refractivity contribution is 5.86. The van der Waals surface area contributed by atoms with Gasteiger partial charge < -0.3 is 21.4 Å². The zero-order valence-electron chi connectivity index (χ0n) is 11.1. The van der Waals surface area contributed by atoms with Crippen LogP contribution in [0.4, 0.5) is 0 Å². The smallest absolute Gasteiger partial charge is 0.320 e. The van der Waals surface area contributed by atoms with Crippen LogP contribution in [0.3, 0.4) is 0 Å². The summed E-state index contributed by atoms with van der Waals surface area (Å²) in [6.45, 7) is 2.05. The number of unbranched alkanes of at least 4 members (excludes halogenated alkanes) is 1.